The Morgan fingerprint density at radius 2 is 1.82 bits per heavy atom. The maximum Gasteiger partial charge on any atom is 0.253 e. The fourth-order valence-electron chi connectivity index (χ4n) is 3.57. The van der Waals surface area contributed by atoms with Crippen molar-refractivity contribution in [3.63, 3.8) is 0 Å². The lowest BCUT2D eigenvalue weighted by Crippen LogP contribution is -2.38. The molecular formula is C22H28N2O4. The Kier molecular flexibility index (Phi) is 6.07. The monoisotopic (exact) mass is 384 g/mol. The number of amides is 1. The third-order valence-electron chi connectivity index (χ3n) is 5.16. The second-order valence-corrected chi connectivity index (χ2v) is 7.51. The van der Waals surface area contributed by atoms with E-state index in [1.54, 1.807) is 43.0 Å². The van der Waals surface area contributed by atoms with Crippen LogP contribution in [0.25, 0.3) is 0 Å². The molecule has 2 heterocycles. The van der Waals surface area contributed by atoms with E-state index in [9.17, 15) is 9.59 Å². The molecule has 0 aliphatic carbocycles. The van der Waals surface area contributed by atoms with Crippen molar-refractivity contribution in [2.75, 3.05) is 20.2 Å². The number of benzene rings is 1. The van der Waals surface area contributed by atoms with E-state index in [-0.39, 0.29) is 17.6 Å². The molecule has 1 aromatic carbocycles. The number of carbonyl (C=O) groups is 1. The summed E-state index contributed by atoms with van der Waals surface area (Å²) in [4.78, 5) is 26.7. The van der Waals surface area contributed by atoms with E-state index >= 15 is 0 Å². The summed E-state index contributed by atoms with van der Waals surface area (Å²) in [6.07, 6.45) is 3.54. The Hall–Kier alpha value is -2.76. The van der Waals surface area contributed by atoms with Crippen molar-refractivity contribution in [3.05, 3.63) is 58.0 Å². The summed E-state index contributed by atoms with van der Waals surface area (Å²) in [6, 6.07) is 9.03. The first-order chi connectivity index (χ1) is 13.4. The highest BCUT2D eigenvalue weighted by Gasteiger charge is 2.25. The first kappa shape index (κ1) is 20.0. The van der Waals surface area contributed by atoms with Gasteiger partial charge in [0.1, 0.15) is 0 Å². The number of pyridine rings is 1. The van der Waals surface area contributed by atoms with Gasteiger partial charge in [0.25, 0.3) is 11.5 Å². The molecule has 2 aromatic rings. The van der Waals surface area contributed by atoms with Crippen LogP contribution < -0.4 is 15.0 Å². The maximum atomic E-state index is 12.9. The second kappa shape index (κ2) is 8.50. The molecule has 1 aromatic heterocycles. The number of rotatable bonds is 5. The molecule has 0 spiro atoms. The summed E-state index contributed by atoms with van der Waals surface area (Å²) in [5, 5.41) is 0. The van der Waals surface area contributed by atoms with Gasteiger partial charge in [-0.15, -0.1) is 0 Å². The van der Waals surface area contributed by atoms with E-state index < -0.39 is 0 Å². The maximum absolute atomic E-state index is 12.9. The molecule has 0 N–H and O–H groups in total. The highest BCUT2D eigenvalue weighted by atomic mass is 16.5. The summed E-state index contributed by atoms with van der Waals surface area (Å²) in [5.41, 5.74) is 1.67. The van der Waals surface area contributed by atoms with Crippen LogP contribution in [0.2, 0.25) is 0 Å². The predicted molar refractivity (Wildman–Crippen MR) is 108 cm³/mol. The molecule has 28 heavy (non-hydrogen) atoms. The highest BCUT2D eigenvalue weighted by molar-refractivity contribution is 5.95. The SMILES string of the molecule is COc1cc(C(=O)N2CCC(c3ccn(C)c(=O)c3)CC2)ccc1OC(C)C. The molecule has 1 fully saturated rings. The quantitative estimate of drug-likeness (QED) is 0.794. The third kappa shape index (κ3) is 4.38. The Morgan fingerprint density at radius 1 is 1.11 bits per heavy atom. The average molecular weight is 384 g/mol. The lowest BCUT2D eigenvalue weighted by Gasteiger charge is -2.32. The van der Waals surface area contributed by atoms with Gasteiger partial charge in [0.2, 0.25) is 0 Å². The molecule has 3 rings (SSSR count). The predicted octanol–water partition coefficient (Wildman–Crippen LogP) is 3.20. The third-order valence-corrected chi connectivity index (χ3v) is 5.16. The van der Waals surface area contributed by atoms with Crippen LogP contribution in [0, 0.1) is 0 Å². The Morgan fingerprint density at radius 3 is 2.43 bits per heavy atom. The van der Waals surface area contributed by atoms with E-state index in [2.05, 4.69) is 0 Å². The number of hydrogen-bond acceptors (Lipinski definition) is 4. The smallest absolute Gasteiger partial charge is 0.253 e. The van der Waals surface area contributed by atoms with Gasteiger partial charge in [-0.1, -0.05) is 0 Å². The largest absolute Gasteiger partial charge is 0.493 e. The number of nitrogens with zero attached hydrogens (tertiary/aromatic N) is 2. The normalized spacial score (nSPS) is 15.0. The van der Waals surface area contributed by atoms with Crippen molar-refractivity contribution in [2.45, 2.75) is 38.7 Å². The topological polar surface area (TPSA) is 60.8 Å². The number of piperidine rings is 1. The van der Waals surface area contributed by atoms with Gasteiger partial charge in [-0.2, -0.15) is 0 Å². The van der Waals surface area contributed by atoms with Crippen LogP contribution in [-0.4, -0.2) is 41.7 Å². The Labute approximate surface area is 165 Å². The number of aromatic nitrogens is 1. The van der Waals surface area contributed by atoms with E-state index in [1.165, 1.54) is 0 Å². The summed E-state index contributed by atoms with van der Waals surface area (Å²) in [5.74, 6) is 1.51. The summed E-state index contributed by atoms with van der Waals surface area (Å²) in [6.45, 7) is 5.24. The Balaban J connectivity index is 1.68. The minimum atomic E-state index is -0.00294. The summed E-state index contributed by atoms with van der Waals surface area (Å²) >= 11 is 0. The van der Waals surface area contributed by atoms with Gasteiger partial charge >= 0.3 is 0 Å². The molecule has 0 radical (unpaired) electrons. The molecule has 1 amide bonds. The van der Waals surface area contributed by atoms with Crippen LogP contribution >= 0.6 is 0 Å². The molecule has 0 unspecified atom stereocenters. The minimum absolute atomic E-state index is 0.00294. The van der Waals surface area contributed by atoms with Gasteiger partial charge in [0, 0.05) is 38.0 Å². The number of hydrogen-bond donors (Lipinski definition) is 0. The molecule has 150 valence electrons. The standard InChI is InChI=1S/C22H28N2O4/c1-15(2)28-19-6-5-18(13-20(19)27-4)22(26)24-11-8-16(9-12-24)17-7-10-23(3)21(25)14-17/h5-7,10,13-16H,8-9,11-12H2,1-4H3. The number of methoxy groups -OCH3 is 1. The first-order valence-corrected chi connectivity index (χ1v) is 9.69. The lowest BCUT2D eigenvalue weighted by molar-refractivity contribution is 0.0712. The number of ether oxygens (including phenoxy) is 2. The van der Waals surface area contributed by atoms with Crippen molar-refractivity contribution in [2.24, 2.45) is 7.05 Å². The van der Waals surface area contributed by atoms with Crippen molar-refractivity contribution in [1.82, 2.24) is 9.47 Å². The highest BCUT2D eigenvalue weighted by Crippen LogP contribution is 2.31. The van der Waals surface area contributed by atoms with E-state index in [0.717, 1.165) is 18.4 Å². The van der Waals surface area contributed by atoms with E-state index in [4.69, 9.17) is 9.47 Å². The van der Waals surface area contributed by atoms with Gasteiger partial charge in [0.05, 0.1) is 13.2 Å². The van der Waals surface area contributed by atoms with Crippen LogP contribution in [0.1, 0.15) is 48.5 Å². The van der Waals surface area contributed by atoms with E-state index in [1.807, 2.05) is 31.0 Å². The van der Waals surface area contributed by atoms with Gasteiger partial charge in [0.15, 0.2) is 11.5 Å². The Bertz CT molecular complexity index is 896. The molecule has 1 aliphatic rings. The van der Waals surface area contributed by atoms with Crippen LogP contribution in [0.5, 0.6) is 11.5 Å². The van der Waals surface area contributed by atoms with Crippen molar-refractivity contribution >= 4 is 5.91 Å². The van der Waals surface area contributed by atoms with Crippen molar-refractivity contribution in [1.29, 1.82) is 0 Å². The zero-order valence-corrected chi connectivity index (χ0v) is 17.0. The van der Waals surface area contributed by atoms with Gasteiger partial charge < -0.3 is 18.9 Å². The van der Waals surface area contributed by atoms with Crippen LogP contribution in [0.3, 0.4) is 0 Å². The van der Waals surface area contributed by atoms with Crippen molar-refractivity contribution < 1.29 is 14.3 Å². The number of likely N-dealkylation sites (tertiary alicyclic amines) is 1. The van der Waals surface area contributed by atoms with Crippen molar-refractivity contribution in [3.8, 4) is 11.5 Å². The first-order valence-electron chi connectivity index (χ1n) is 9.69. The molecule has 1 aliphatic heterocycles. The van der Waals surface area contributed by atoms with Crippen LogP contribution in [0.4, 0.5) is 0 Å². The lowest BCUT2D eigenvalue weighted by atomic mass is 9.90. The molecule has 6 heteroatoms. The fourth-order valence-corrected chi connectivity index (χ4v) is 3.57. The fraction of sp³-hybridized carbons (Fsp3) is 0.455. The van der Waals surface area contributed by atoms with Gasteiger partial charge in [-0.05, 0) is 62.4 Å². The molecule has 0 bridgehead atoms. The molecule has 0 atom stereocenters. The van der Waals surface area contributed by atoms with Gasteiger partial charge in [-0.25, -0.2) is 0 Å². The summed E-state index contributed by atoms with van der Waals surface area (Å²) in [7, 11) is 3.32. The van der Waals surface area contributed by atoms with Gasteiger partial charge in [-0.3, -0.25) is 9.59 Å². The summed E-state index contributed by atoms with van der Waals surface area (Å²) < 4.78 is 12.7. The average Bonchev–Trinajstić information content (AvgIpc) is 2.69. The minimum Gasteiger partial charge on any atom is -0.493 e. The van der Waals surface area contributed by atoms with Crippen LogP contribution in [-0.2, 0) is 7.05 Å². The van der Waals surface area contributed by atoms with Crippen LogP contribution in [0.15, 0.2) is 41.3 Å². The molecular weight excluding hydrogens is 356 g/mol. The number of aryl methyl sites for hydroxylation is 1. The molecule has 1 saturated heterocycles. The second-order valence-electron chi connectivity index (χ2n) is 7.51. The molecule has 0 saturated carbocycles. The van der Waals surface area contributed by atoms with E-state index in [0.29, 0.717) is 36.1 Å². The molecule has 6 nitrogen and oxygen atoms in total. The zero-order chi connectivity index (χ0) is 20.3. The number of carbonyl (C=O) groups excluding carboxylic acids is 1. The zero-order valence-electron chi connectivity index (χ0n) is 17.0.